The largest absolute Gasteiger partial charge is 0.494 e. The van der Waals surface area contributed by atoms with Crippen LogP contribution in [0.5, 0.6) is 5.75 Å². The summed E-state index contributed by atoms with van der Waals surface area (Å²) in [7, 11) is 1.44. The van der Waals surface area contributed by atoms with Gasteiger partial charge in [-0.3, -0.25) is 5.41 Å². The number of halogens is 1. The van der Waals surface area contributed by atoms with E-state index in [-0.39, 0.29) is 11.6 Å². The number of nitrogens with one attached hydrogen (secondary N) is 1. The lowest BCUT2D eigenvalue weighted by Crippen LogP contribution is -2.23. The third kappa shape index (κ3) is 1.79. The fourth-order valence-corrected chi connectivity index (χ4v) is 1.78. The summed E-state index contributed by atoms with van der Waals surface area (Å²) in [5.41, 5.74) is 0.829. The Morgan fingerprint density at radius 1 is 1.47 bits per heavy atom. The molecular weight excluding hydrogens is 195 g/mol. The van der Waals surface area contributed by atoms with Crippen LogP contribution in [0.3, 0.4) is 0 Å². The minimum absolute atomic E-state index is 0.229. The van der Waals surface area contributed by atoms with Crippen molar-refractivity contribution in [1.82, 2.24) is 0 Å². The lowest BCUT2D eigenvalue weighted by molar-refractivity contribution is 0.386. The van der Waals surface area contributed by atoms with E-state index in [1.807, 2.05) is 4.90 Å². The molecule has 0 aromatic heterocycles. The maximum absolute atomic E-state index is 13.2. The number of benzene rings is 1. The maximum atomic E-state index is 13.2. The van der Waals surface area contributed by atoms with Crippen molar-refractivity contribution < 1.29 is 9.13 Å². The van der Waals surface area contributed by atoms with Crippen LogP contribution in [0.15, 0.2) is 18.2 Å². The van der Waals surface area contributed by atoms with Crippen molar-refractivity contribution >= 4 is 11.5 Å². The molecule has 2 rings (SSSR count). The number of ether oxygens (including phenoxy) is 1. The van der Waals surface area contributed by atoms with Crippen LogP contribution >= 0.6 is 0 Å². The smallest absolute Gasteiger partial charge is 0.165 e. The van der Waals surface area contributed by atoms with Gasteiger partial charge >= 0.3 is 0 Å². The Balaban J connectivity index is 2.32. The molecule has 1 aromatic rings. The van der Waals surface area contributed by atoms with Crippen molar-refractivity contribution in [1.29, 1.82) is 5.41 Å². The summed E-state index contributed by atoms with van der Waals surface area (Å²) >= 11 is 0. The second kappa shape index (κ2) is 3.88. The molecule has 1 aromatic carbocycles. The predicted octanol–water partition coefficient (Wildman–Crippen LogP) is 2.41. The number of methoxy groups -OCH3 is 1. The summed E-state index contributed by atoms with van der Waals surface area (Å²) < 4.78 is 18.1. The topological polar surface area (TPSA) is 36.3 Å². The highest BCUT2D eigenvalue weighted by Crippen LogP contribution is 2.27. The Morgan fingerprint density at radius 2 is 2.27 bits per heavy atom. The fourth-order valence-electron chi connectivity index (χ4n) is 1.78. The van der Waals surface area contributed by atoms with Gasteiger partial charge in [0.1, 0.15) is 5.84 Å². The van der Waals surface area contributed by atoms with Crippen molar-refractivity contribution in [2.45, 2.75) is 12.8 Å². The molecule has 0 aliphatic carbocycles. The van der Waals surface area contributed by atoms with Gasteiger partial charge in [-0.2, -0.15) is 0 Å². The summed E-state index contributed by atoms with van der Waals surface area (Å²) in [6.45, 7) is 0.827. The van der Waals surface area contributed by atoms with Crippen molar-refractivity contribution in [3.8, 4) is 5.75 Å². The number of hydrogen-bond donors (Lipinski definition) is 1. The first-order valence-corrected chi connectivity index (χ1v) is 4.91. The highest BCUT2D eigenvalue weighted by Gasteiger charge is 2.19. The average molecular weight is 208 g/mol. The Bertz CT molecular complexity index is 392. The van der Waals surface area contributed by atoms with E-state index in [4.69, 9.17) is 10.1 Å². The van der Waals surface area contributed by atoms with E-state index in [1.165, 1.54) is 13.2 Å². The minimum Gasteiger partial charge on any atom is -0.494 e. The van der Waals surface area contributed by atoms with Crippen molar-refractivity contribution in [3.63, 3.8) is 0 Å². The average Bonchev–Trinajstić information content (AvgIpc) is 2.65. The van der Waals surface area contributed by atoms with E-state index < -0.39 is 0 Å². The molecule has 1 N–H and O–H groups in total. The summed E-state index contributed by atoms with van der Waals surface area (Å²) in [6.07, 6.45) is 1.78. The molecule has 0 bridgehead atoms. The van der Waals surface area contributed by atoms with E-state index in [0.717, 1.165) is 25.1 Å². The summed E-state index contributed by atoms with van der Waals surface area (Å²) in [4.78, 5) is 1.88. The van der Waals surface area contributed by atoms with E-state index in [0.29, 0.717) is 5.84 Å². The van der Waals surface area contributed by atoms with Crippen molar-refractivity contribution in [2.75, 3.05) is 18.6 Å². The lowest BCUT2D eigenvalue weighted by atomic mass is 10.2. The second-order valence-corrected chi connectivity index (χ2v) is 3.52. The van der Waals surface area contributed by atoms with Gasteiger partial charge in [0.15, 0.2) is 11.6 Å². The monoisotopic (exact) mass is 208 g/mol. The van der Waals surface area contributed by atoms with Gasteiger partial charge in [-0.1, -0.05) is 0 Å². The molecule has 0 unspecified atom stereocenters. The van der Waals surface area contributed by atoms with Gasteiger partial charge in [0, 0.05) is 24.7 Å². The van der Waals surface area contributed by atoms with Crippen molar-refractivity contribution in [2.24, 2.45) is 0 Å². The van der Waals surface area contributed by atoms with Gasteiger partial charge in [-0.15, -0.1) is 0 Å². The Kier molecular flexibility index (Phi) is 2.58. The highest BCUT2D eigenvalue weighted by molar-refractivity contribution is 5.97. The molecule has 0 amide bonds. The first-order chi connectivity index (χ1) is 7.22. The molecule has 0 saturated carbocycles. The molecule has 1 heterocycles. The summed E-state index contributed by atoms with van der Waals surface area (Å²) in [6, 6.07) is 4.69. The van der Waals surface area contributed by atoms with Gasteiger partial charge in [0.2, 0.25) is 0 Å². The predicted molar refractivity (Wildman–Crippen MR) is 57.3 cm³/mol. The molecule has 0 radical (unpaired) electrons. The molecule has 3 nitrogen and oxygen atoms in total. The first kappa shape index (κ1) is 9.96. The quantitative estimate of drug-likeness (QED) is 0.810. The SMILES string of the molecule is COc1cc(N2CCCC2=N)ccc1F. The van der Waals surface area contributed by atoms with Crippen molar-refractivity contribution in [3.05, 3.63) is 24.0 Å². The molecule has 4 heteroatoms. The number of amidine groups is 1. The molecule has 0 atom stereocenters. The van der Waals surface area contributed by atoms with Crippen LogP contribution < -0.4 is 9.64 Å². The van der Waals surface area contributed by atoms with E-state index in [1.54, 1.807) is 12.1 Å². The Hall–Kier alpha value is -1.58. The van der Waals surface area contributed by atoms with Crippen LogP contribution in [0, 0.1) is 11.2 Å². The highest BCUT2D eigenvalue weighted by atomic mass is 19.1. The fraction of sp³-hybridized carbons (Fsp3) is 0.364. The van der Waals surface area contributed by atoms with Gasteiger partial charge in [-0.25, -0.2) is 4.39 Å². The molecule has 15 heavy (non-hydrogen) atoms. The lowest BCUT2D eigenvalue weighted by Gasteiger charge is -2.18. The van der Waals surface area contributed by atoms with Crippen LogP contribution in [-0.2, 0) is 0 Å². The van der Waals surface area contributed by atoms with E-state index in [9.17, 15) is 4.39 Å². The number of anilines is 1. The summed E-state index contributed by atoms with van der Waals surface area (Å²) in [5, 5.41) is 7.72. The van der Waals surface area contributed by atoms with Gasteiger partial charge in [-0.05, 0) is 18.6 Å². The molecule has 1 saturated heterocycles. The number of hydrogen-bond acceptors (Lipinski definition) is 2. The van der Waals surface area contributed by atoms with Crippen LogP contribution in [0.1, 0.15) is 12.8 Å². The summed E-state index contributed by atoms with van der Waals surface area (Å²) in [5.74, 6) is 0.447. The molecule has 0 spiro atoms. The molecular formula is C11H13FN2O. The molecule has 1 aliphatic heterocycles. The minimum atomic E-state index is -0.369. The van der Waals surface area contributed by atoms with Crippen LogP contribution in [0.25, 0.3) is 0 Å². The normalized spacial score (nSPS) is 15.9. The maximum Gasteiger partial charge on any atom is 0.165 e. The molecule has 80 valence electrons. The molecule has 1 aliphatic rings. The van der Waals surface area contributed by atoms with Gasteiger partial charge in [0.25, 0.3) is 0 Å². The first-order valence-electron chi connectivity index (χ1n) is 4.91. The third-order valence-corrected chi connectivity index (χ3v) is 2.57. The number of rotatable bonds is 2. The Morgan fingerprint density at radius 3 is 2.87 bits per heavy atom. The van der Waals surface area contributed by atoms with Crippen LogP contribution in [0.2, 0.25) is 0 Å². The van der Waals surface area contributed by atoms with Gasteiger partial charge < -0.3 is 9.64 Å². The number of nitrogens with zero attached hydrogens (tertiary/aromatic N) is 1. The van der Waals surface area contributed by atoms with E-state index in [2.05, 4.69) is 0 Å². The van der Waals surface area contributed by atoms with Gasteiger partial charge in [0.05, 0.1) is 7.11 Å². The zero-order valence-electron chi connectivity index (χ0n) is 8.59. The standard InChI is InChI=1S/C11H13FN2O/c1-15-10-7-8(4-5-9(10)12)14-6-2-3-11(14)13/h4-5,7,13H,2-3,6H2,1H3. The zero-order valence-corrected chi connectivity index (χ0v) is 8.59. The Labute approximate surface area is 88.0 Å². The zero-order chi connectivity index (χ0) is 10.8. The molecule has 1 fully saturated rings. The van der Waals surface area contributed by atoms with Crippen LogP contribution in [0.4, 0.5) is 10.1 Å². The second-order valence-electron chi connectivity index (χ2n) is 3.52. The van der Waals surface area contributed by atoms with Crippen LogP contribution in [-0.4, -0.2) is 19.5 Å². The van der Waals surface area contributed by atoms with E-state index >= 15 is 0 Å². The third-order valence-electron chi connectivity index (χ3n) is 2.57.